The monoisotopic (exact) mass is 244 g/mol. The van der Waals surface area contributed by atoms with Crippen LogP contribution in [-0.2, 0) is 4.79 Å². The second-order valence-electron chi connectivity index (χ2n) is 4.86. The predicted molar refractivity (Wildman–Crippen MR) is 68.5 cm³/mol. The summed E-state index contributed by atoms with van der Waals surface area (Å²) in [5.74, 6) is 0.632. The number of carbonyl (C=O) groups excluding carboxylic acids is 1. The summed E-state index contributed by atoms with van der Waals surface area (Å²) in [6.45, 7) is 3.61. The Morgan fingerprint density at radius 3 is 2.78 bits per heavy atom. The van der Waals surface area contributed by atoms with Gasteiger partial charge in [0.05, 0.1) is 0 Å². The van der Waals surface area contributed by atoms with Gasteiger partial charge in [0.25, 0.3) is 5.91 Å². The fraction of sp³-hybridized carbons (Fsp3) is 0.462. The maximum atomic E-state index is 12.1. The van der Waals surface area contributed by atoms with Gasteiger partial charge in [-0.2, -0.15) is 0 Å². The molecule has 5 nitrogen and oxygen atoms in total. The lowest BCUT2D eigenvalue weighted by Crippen LogP contribution is -2.47. The number of carbonyl (C=O) groups is 1. The topological polar surface area (TPSA) is 66.4 Å². The molecule has 2 aliphatic heterocycles. The Kier molecular flexibility index (Phi) is 2.63. The summed E-state index contributed by atoms with van der Waals surface area (Å²) >= 11 is 0. The number of nitrogens with one attached hydrogen (secondary N) is 2. The molecule has 2 aliphatic rings. The number of rotatable bonds is 1. The first kappa shape index (κ1) is 11.3. The maximum absolute atomic E-state index is 12.1. The zero-order valence-corrected chi connectivity index (χ0v) is 10.4. The number of hydrogen-bond donors (Lipinski definition) is 2. The molecule has 3 heterocycles. The van der Waals surface area contributed by atoms with Crippen molar-refractivity contribution in [2.75, 3.05) is 13.1 Å². The maximum Gasteiger partial charge on any atom is 0.253 e. The van der Waals surface area contributed by atoms with Crippen molar-refractivity contribution < 1.29 is 4.79 Å². The zero-order chi connectivity index (χ0) is 12.6. The molecular formula is C13H16N4O. The summed E-state index contributed by atoms with van der Waals surface area (Å²) in [5, 5.41) is 6.13. The van der Waals surface area contributed by atoms with Crippen LogP contribution in [0, 0.1) is 6.92 Å². The number of hydrogen-bond acceptors (Lipinski definition) is 4. The predicted octanol–water partition coefficient (Wildman–Crippen LogP) is 0.389. The van der Waals surface area contributed by atoms with Crippen molar-refractivity contribution in [2.24, 2.45) is 4.99 Å². The van der Waals surface area contributed by atoms with Crippen LogP contribution in [0.5, 0.6) is 0 Å². The van der Waals surface area contributed by atoms with Crippen molar-refractivity contribution in [1.82, 2.24) is 15.6 Å². The van der Waals surface area contributed by atoms with Crippen LogP contribution < -0.4 is 10.6 Å². The Balaban J connectivity index is 1.95. The number of aromatic nitrogens is 1. The van der Waals surface area contributed by atoms with Crippen molar-refractivity contribution in [2.45, 2.75) is 25.3 Å². The van der Waals surface area contributed by atoms with Gasteiger partial charge in [0, 0.05) is 5.69 Å². The van der Waals surface area contributed by atoms with Gasteiger partial charge in [0.1, 0.15) is 11.2 Å². The molecule has 94 valence electrons. The van der Waals surface area contributed by atoms with E-state index in [2.05, 4.69) is 20.6 Å². The van der Waals surface area contributed by atoms with E-state index < -0.39 is 5.54 Å². The Hall–Kier alpha value is -1.75. The number of nitrogens with zero attached hydrogens (tertiary/aromatic N) is 2. The number of piperidine rings is 1. The van der Waals surface area contributed by atoms with Gasteiger partial charge in [-0.1, -0.05) is 6.07 Å². The minimum absolute atomic E-state index is 0.0160. The van der Waals surface area contributed by atoms with Crippen LogP contribution in [-0.4, -0.2) is 35.4 Å². The summed E-state index contributed by atoms with van der Waals surface area (Å²) in [5.41, 5.74) is 1.11. The Morgan fingerprint density at radius 2 is 2.06 bits per heavy atom. The van der Waals surface area contributed by atoms with E-state index in [1.54, 1.807) is 0 Å². The van der Waals surface area contributed by atoms with Crippen LogP contribution in [0.4, 0.5) is 0 Å². The standard InChI is InChI=1S/C13H16N4O/c1-9-3-2-4-10(15-9)11-16-12(18)13(17-11)5-7-14-8-6-13/h2-4,14H,5-8H2,1H3,(H,16,17,18). The van der Waals surface area contributed by atoms with E-state index in [0.29, 0.717) is 5.84 Å². The summed E-state index contributed by atoms with van der Waals surface area (Å²) in [6, 6.07) is 5.74. The molecule has 1 fully saturated rings. The van der Waals surface area contributed by atoms with E-state index in [0.717, 1.165) is 37.3 Å². The number of aryl methyl sites for hydroxylation is 1. The van der Waals surface area contributed by atoms with Gasteiger partial charge in [-0.05, 0) is 45.0 Å². The van der Waals surface area contributed by atoms with E-state index in [1.165, 1.54) is 0 Å². The number of pyridine rings is 1. The van der Waals surface area contributed by atoms with Gasteiger partial charge in [0.2, 0.25) is 0 Å². The molecule has 1 spiro atoms. The molecule has 0 saturated carbocycles. The van der Waals surface area contributed by atoms with Crippen LogP contribution in [0.3, 0.4) is 0 Å². The molecule has 0 atom stereocenters. The molecule has 3 rings (SSSR count). The Labute approximate surface area is 106 Å². The molecule has 1 saturated heterocycles. The van der Waals surface area contributed by atoms with E-state index in [1.807, 2.05) is 25.1 Å². The highest BCUT2D eigenvalue weighted by Gasteiger charge is 2.44. The fourth-order valence-electron chi connectivity index (χ4n) is 2.49. The highest BCUT2D eigenvalue weighted by atomic mass is 16.2. The highest BCUT2D eigenvalue weighted by Crippen LogP contribution is 2.28. The van der Waals surface area contributed by atoms with Crippen molar-refractivity contribution in [3.63, 3.8) is 0 Å². The van der Waals surface area contributed by atoms with E-state index in [-0.39, 0.29) is 5.91 Å². The summed E-state index contributed by atoms with van der Waals surface area (Å²) in [6.07, 6.45) is 1.52. The number of amides is 1. The lowest BCUT2D eigenvalue weighted by Gasteiger charge is -2.27. The summed E-state index contributed by atoms with van der Waals surface area (Å²) in [4.78, 5) is 21.2. The van der Waals surface area contributed by atoms with Crippen molar-refractivity contribution in [1.29, 1.82) is 0 Å². The van der Waals surface area contributed by atoms with Crippen molar-refractivity contribution in [3.05, 3.63) is 29.6 Å². The lowest BCUT2D eigenvalue weighted by molar-refractivity contribution is -0.124. The molecule has 1 aromatic rings. The normalized spacial score (nSPS) is 21.8. The lowest BCUT2D eigenvalue weighted by atomic mass is 9.89. The number of aliphatic imine (C=N–C) groups is 1. The Bertz CT molecular complexity index is 517. The fourth-order valence-corrected chi connectivity index (χ4v) is 2.49. The first-order valence-electron chi connectivity index (χ1n) is 6.26. The van der Waals surface area contributed by atoms with Gasteiger partial charge in [-0.15, -0.1) is 0 Å². The van der Waals surface area contributed by atoms with E-state index in [9.17, 15) is 4.79 Å². The molecule has 1 amide bonds. The summed E-state index contributed by atoms with van der Waals surface area (Å²) < 4.78 is 0. The van der Waals surface area contributed by atoms with Crippen LogP contribution in [0.25, 0.3) is 0 Å². The third-order valence-electron chi connectivity index (χ3n) is 3.54. The van der Waals surface area contributed by atoms with Gasteiger partial charge in [-0.3, -0.25) is 4.79 Å². The van der Waals surface area contributed by atoms with Crippen LogP contribution in [0.15, 0.2) is 23.2 Å². The molecule has 0 aromatic carbocycles. The first-order valence-corrected chi connectivity index (χ1v) is 6.26. The molecule has 5 heteroatoms. The summed E-state index contributed by atoms with van der Waals surface area (Å²) in [7, 11) is 0. The quantitative estimate of drug-likeness (QED) is 0.751. The minimum atomic E-state index is -0.563. The first-order chi connectivity index (χ1) is 8.70. The Morgan fingerprint density at radius 1 is 1.28 bits per heavy atom. The van der Waals surface area contributed by atoms with Crippen molar-refractivity contribution in [3.8, 4) is 0 Å². The highest BCUT2D eigenvalue weighted by molar-refractivity contribution is 6.14. The molecule has 0 bridgehead atoms. The smallest absolute Gasteiger partial charge is 0.253 e. The van der Waals surface area contributed by atoms with Crippen LogP contribution in [0.2, 0.25) is 0 Å². The SMILES string of the molecule is Cc1cccc(C2=NC3(CCNCC3)C(=O)N2)n1. The third-order valence-corrected chi connectivity index (χ3v) is 3.54. The van der Waals surface area contributed by atoms with Crippen LogP contribution >= 0.6 is 0 Å². The second kappa shape index (κ2) is 4.17. The average molecular weight is 244 g/mol. The molecule has 1 aromatic heterocycles. The average Bonchev–Trinajstić information content (AvgIpc) is 2.68. The van der Waals surface area contributed by atoms with Gasteiger partial charge >= 0.3 is 0 Å². The largest absolute Gasteiger partial charge is 0.317 e. The van der Waals surface area contributed by atoms with Gasteiger partial charge in [0.15, 0.2) is 5.84 Å². The number of amidine groups is 1. The van der Waals surface area contributed by atoms with Crippen LogP contribution in [0.1, 0.15) is 24.2 Å². The molecular weight excluding hydrogens is 228 g/mol. The molecule has 0 unspecified atom stereocenters. The van der Waals surface area contributed by atoms with E-state index >= 15 is 0 Å². The van der Waals surface area contributed by atoms with E-state index in [4.69, 9.17) is 0 Å². The molecule has 0 radical (unpaired) electrons. The zero-order valence-electron chi connectivity index (χ0n) is 10.4. The van der Waals surface area contributed by atoms with Gasteiger partial charge < -0.3 is 10.6 Å². The third kappa shape index (κ3) is 1.80. The molecule has 0 aliphatic carbocycles. The van der Waals surface area contributed by atoms with Crippen molar-refractivity contribution >= 4 is 11.7 Å². The molecule has 2 N–H and O–H groups in total. The minimum Gasteiger partial charge on any atom is -0.317 e. The second-order valence-corrected chi connectivity index (χ2v) is 4.86. The van der Waals surface area contributed by atoms with Gasteiger partial charge in [-0.25, -0.2) is 9.98 Å². The molecule has 18 heavy (non-hydrogen) atoms.